The molecule has 0 bridgehead atoms. The molecule has 1 saturated heterocycles. The van der Waals surface area contributed by atoms with Crippen LogP contribution in [0.15, 0.2) is 42.7 Å². The second-order valence-corrected chi connectivity index (χ2v) is 7.23. The first-order valence-electron chi connectivity index (χ1n) is 8.96. The molecule has 2 atom stereocenters. The minimum absolute atomic E-state index is 0.263. The van der Waals surface area contributed by atoms with Gasteiger partial charge in [0.1, 0.15) is 5.82 Å². The smallest absolute Gasteiger partial charge is 0.128 e. The zero-order valence-corrected chi connectivity index (χ0v) is 14.4. The summed E-state index contributed by atoms with van der Waals surface area (Å²) in [5.41, 5.74) is 2.65. The molecule has 126 valence electrons. The number of nitrogens with zero attached hydrogens (tertiary/aromatic N) is 3. The number of pyridine rings is 2. The first-order chi connectivity index (χ1) is 11.7. The molecule has 4 nitrogen and oxygen atoms in total. The van der Waals surface area contributed by atoms with Crippen molar-refractivity contribution in [2.24, 2.45) is 0 Å². The third kappa shape index (κ3) is 3.16. The van der Waals surface area contributed by atoms with Gasteiger partial charge in [0.2, 0.25) is 0 Å². The first-order valence-corrected chi connectivity index (χ1v) is 8.96. The molecule has 24 heavy (non-hydrogen) atoms. The van der Waals surface area contributed by atoms with E-state index in [9.17, 15) is 0 Å². The van der Waals surface area contributed by atoms with E-state index in [1.807, 2.05) is 12.4 Å². The van der Waals surface area contributed by atoms with Crippen LogP contribution in [0.2, 0.25) is 0 Å². The van der Waals surface area contributed by atoms with E-state index in [0.717, 1.165) is 18.9 Å². The van der Waals surface area contributed by atoms with Crippen molar-refractivity contribution in [2.45, 2.75) is 50.7 Å². The number of morpholine rings is 1. The molecule has 0 amide bonds. The Balaban J connectivity index is 1.44. The van der Waals surface area contributed by atoms with Crippen LogP contribution in [0, 0.1) is 0 Å². The average Bonchev–Trinajstić information content (AvgIpc) is 2.54. The summed E-state index contributed by atoms with van der Waals surface area (Å²) in [5.74, 6) is 2.34. The maximum atomic E-state index is 5.84. The largest absolute Gasteiger partial charge is 0.372 e. The van der Waals surface area contributed by atoms with Crippen molar-refractivity contribution in [1.82, 2.24) is 9.97 Å². The van der Waals surface area contributed by atoms with Crippen LogP contribution < -0.4 is 4.90 Å². The molecule has 2 aliphatic rings. The van der Waals surface area contributed by atoms with Gasteiger partial charge in [-0.1, -0.05) is 6.07 Å². The standard InChI is InChI=1S/C20H25N3O/c1-14-12-23(13-15(2)24-14)20-5-3-4-19(22-20)18-10-17(11-18)16-6-8-21-9-7-16/h3-9,14-15,17-18H,10-13H2,1-2H3/t14-,15+,17?,18?. The highest BCUT2D eigenvalue weighted by atomic mass is 16.5. The summed E-state index contributed by atoms with van der Waals surface area (Å²) in [5, 5.41) is 0. The fourth-order valence-electron chi connectivity index (χ4n) is 3.98. The van der Waals surface area contributed by atoms with Crippen LogP contribution in [0.1, 0.15) is 49.8 Å². The van der Waals surface area contributed by atoms with E-state index >= 15 is 0 Å². The quantitative estimate of drug-likeness (QED) is 0.862. The number of rotatable bonds is 3. The second-order valence-electron chi connectivity index (χ2n) is 7.23. The molecular formula is C20H25N3O. The van der Waals surface area contributed by atoms with Gasteiger partial charge in [-0.25, -0.2) is 4.98 Å². The topological polar surface area (TPSA) is 38.2 Å². The maximum Gasteiger partial charge on any atom is 0.128 e. The summed E-state index contributed by atoms with van der Waals surface area (Å²) in [6.07, 6.45) is 6.69. The first kappa shape index (κ1) is 15.6. The van der Waals surface area contributed by atoms with Crippen molar-refractivity contribution >= 4 is 5.82 Å². The maximum absolute atomic E-state index is 5.84. The Hall–Kier alpha value is -1.94. The van der Waals surface area contributed by atoms with Crippen LogP contribution >= 0.6 is 0 Å². The Bertz CT molecular complexity index is 674. The number of aromatic nitrogens is 2. The summed E-state index contributed by atoms with van der Waals surface area (Å²) in [7, 11) is 0. The zero-order chi connectivity index (χ0) is 16.5. The Morgan fingerprint density at radius 3 is 2.38 bits per heavy atom. The van der Waals surface area contributed by atoms with E-state index in [2.05, 4.69) is 54.1 Å². The van der Waals surface area contributed by atoms with Crippen LogP contribution in [0.25, 0.3) is 0 Å². The molecule has 0 N–H and O–H groups in total. The van der Waals surface area contributed by atoms with Gasteiger partial charge in [-0.3, -0.25) is 4.98 Å². The van der Waals surface area contributed by atoms with Gasteiger partial charge in [-0.2, -0.15) is 0 Å². The molecule has 4 heteroatoms. The van der Waals surface area contributed by atoms with Gasteiger partial charge in [-0.15, -0.1) is 0 Å². The van der Waals surface area contributed by atoms with E-state index < -0.39 is 0 Å². The Morgan fingerprint density at radius 1 is 0.958 bits per heavy atom. The molecule has 1 aliphatic heterocycles. The van der Waals surface area contributed by atoms with Crippen molar-refractivity contribution in [3.05, 3.63) is 54.0 Å². The molecule has 0 spiro atoms. The minimum Gasteiger partial charge on any atom is -0.372 e. The van der Waals surface area contributed by atoms with Gasteiger partial charge in [0, 0.05) is 37.1 Å². The van der Waals surface area contributed by atoms with E-state index in [4.69, 9.17) is 9.72 Å². The van der Waals surface area contributed by atoms with E-state index in [1.165, 1.54) is 24.1 Å². The van der Waals surface area contributed by atoms with Gasteiger partial charge in [-0.05, 0) is 62.4 Å². The molecule has 4 rings (SSSR count). The van der Waals surface area contributed by atoms with Crippen LogP contribution in [-0.4, -0.2) is 35.3 Å². The van der Waals surface area contributed by atoms with Crippen molar-refractivity contribution in [3.63, 3.8) is 0 Å². The van der Waals surface area contributed by atoms with Crippen LogP contribution in [0.3, 0.4) is 0 Å². The molecule has 2 aromatic rings. The SMILES string of the molecule is C[C@@H]1CN(c2cccc(C3CC(c4ccncc4)C3)n2)C[C@H](C)O1. The zero-order valence-electron chi connectivity index (χ0n) is 14.4. The fourth-order valence-corrected chi connectivity index (χ4v) is 3.98. The van der Waals surface area contributed by atoms with Crippen molar-refractivity contribution in [3.8, 4) is 0 Å². The van der Waals surface area contributed by atoms with Crippen LogP contribution in [0.4, 0.5) is 5.82 Å². The molecule has 2 fully saturated rings. The molecule has 0 aromatic carbocycles. The van der Waals surface area contributed by atoms with Crippen LogP contribution in [-0.2, 0) is 4.74 Å². The monoisotopic (exact) mass is 323 g/mol. The predicted molar refractivity (Wildman–Crippen MR) is 95.4 cm³/mol. The van der Waals surface area contributed by atoms with Crippen molar-refractivity contribution in [2.75, 3.05) is 18.0 Å². The van der Waals surface area contributed by atoms with Gasteiger partial charge in [0.05, 0.1) is 12.2 Å². The number of hydrogen-bond acceptors (Lipinski definition) is 4. The summed E-state index contributed by atoms with van der Waals surface area (Å²) < 4.78 is 5.84. The molecule has 2 aromatic heterocycles. The summed E-state index contributed by atoms with van der Waals surface area (Å²) in [4.78, 5) is 11.4. The van der Waals surface area contributed by atoms with E-state index in [1.54, 1.807) is 0 Å². The Kier molecular flexibility index (Phi) is 4.23. The predicted octanol–water partition coefficient (Wildman–Crippen LogP) is 3.75. The Morgan fingerprint density at radius 2 is 1.67 bits per heavy atom. The van der Waals surface area contributed by atoms with Gasteiger partial charge in [0.15, 0.2) is 0 Å². The number of anilines is 1. The summed E-state index contributed by atoms with van der Waals surface area (Å²) >= 11 is 0. The highest BCUT2D eigenvalue weighted by Crippen LogP contribution is 2.47. The molecule has 3 heterocycles. The van der Waals surface area contributed by atoms with Gasteiger partial charge in [0.25, 0.3) is 0 Å². The third-order valence-corrected chi connectivity index (χ3v) is 5.23. The number of ether oxygens (including phenoxy) is 1. The summed E-state index contributed by atoms with van der Waals surface area (Å²) in [6, 6.07) is 10.8. The second kappa shape index (κ2) is 6.52. The molecule has 0 radical (unpaired) electrons. The highest BCUT2D eigenvalue weighted by Gasteiger charge is 2.32. The lowest BCUT2D eigenvalue weighted by atomic mass is 9.70. The lowest BCUT2D eigenvalue weighted by Gasteiger charge is -2.38. The van der Waals surface area contributed by atoms with Gasteiger partial charge < -0.3 is 9.64 Å². The lowest BCUT2D eigenvalue weighted by molar-refractivity contribution is -0.00547. The van der Waals surface area contributed by atoms with E-state index in [-0.39, 0.29) is 12.2 Å². The van der Waals surface area contributed by atoms with Crippen LogP contribution in [0.5, 0.6) is 0 Å². The normalized spacial score (nSPS) is 30.0. The van der Waals surface area contributed by atoms with Gasteiger partial charge >= 0.3 is 0 Å². The minimum atomic E-state index is 0.263. The summed E-state index contributed by atoms with van der Waals surface area (Å²) in [6.45, 7) is 6.12. The van der Waals surface area contributed by atoms with Crippen molar-refractivity contribution in [1.29, 1.82) is 0 Å². The third-order valence-electron chi connectivity index (χ3n) is 5.23. The molecule has 0 unspecified atom stereocenters. The molecule has 1 aliphatic carbocycles. The van der Waals surface area contributed by atoms with E-state index in [0.29, 0.717) is 11.8 Å². The molecule has 1 saturated carbocycles. The highest BCUT2D eigenvalue weighted by molar-refractivity contribution is 5.41. The van der Waals surface area contributed by atoms with Crippen molar-refractivity contribution < 1.29 is 4.74 Å². The average molecular weight is 323 g/mol. The molecular weight excluding hydrogens is 298 g/mol. The Labute approximate surface area is 143 Å². The number of hydrogen-bond donors (Lipinski definition) is 0. The fraction of sp³-hybridized carbons (Fsp3) is 0.500. The lowest BCUT2D eigenvalue weighted by Crippen LogP contribution is -2.45.